The van der Waals surface area contributed by atoms with Crippen molar-refractivity contribution in [2.45, 2.75) is 13.3 Å². The van der Waals surface area contributed by atoms with Gasteiger partial charge in [-0.3, -0.25) is 4.79 Å². The Kier molecular flexibility index (Phi) is 4.69. The lowest BCUT2D eigenvalue weighted by molar-refractivity contribution is 0.0821. The van der Waals surface area contributed by atoms with Crippen LogP contribution in [0.5, 0.6) is 0 Å². The number of halogens is 1. The fourth-order valence-electron chi connectivity index (χ4n) is 1.54. The number of carbonyl (C=O) groups excluding carboxylic acids is 1. The monoisotopic (exact) mass is 309 g/mol. The van der Waals surface area contributed by atoms with Crippen molar-refractivity contribution in [3.8, 4) is 5.95 Å². The zero-order valence-corrected chi connectivity index (χ0v) is 12.8. The number of nitrogens with one attached hydrogen (secondary N) is 1. The minimum Gasteiger partial charge on any atom is -0.354 e. The van der Waals surface area contributed by atoms with Gasteiger partial charge in [-0.05, 0) is 24.1 Å². The van der Waals surface area contributed by atoms with Crippen molar-refractivity contribution in [1.29, 1.82) is 0 Å². The molecule has 0 aromatic carbocycles. The highest BCUT2D eigenvalue weighted by molar-refractivity contribution is 6.28. The summed E-state index contributed by atoms with van der Waals surface area (Å²) in [5.41, 5.74) is 0.305. The Bertz CT molecular complexity index is 640. The molecule has 0 aliphatic rings. The summed E-state index contributed by atoms with van der Waals surface area (Å²) in [6.07, 6.45) is 2.54. The van der Waals surface area contributed by atoms with E-state index in [1.165, 1.54) is 9.58 Å². The maximum atomic E-state index is 11.8. The van der Waals surface area contributed by atoms with Crippen LogP contribution in [-0.2, 0) is 0 Å². The van der Waals surface area contributed by atoms with Crippen LogP contribution in [0.2, 0.25) is 5.28 Å². The first kappa shape index (κ1) is 15.2. The number of anilines is 1. The summed E-state index contributed by atoms with van der Waals surface area (Å²) in [6.45, 7) is 2.76. The first-order valence-electron chi connectivity index (χ1n) is 6.44. The van der Waals surface area contributed by atoms with Gasteiger partial charge in [-0.15, -0.1) is 0 Å². The van der Waals surface area contributed by atoms with Gasteiger partial charge in [0.1, 0.15) is 0 Å². The predicted octanol–water partition coefficient (Wildman–Crippen LogP) is 1.23. The molecule has 0 saturated carbocycles. The SMILES string of the molecule is CCCNc1nc(Cl)nc(-n2ccc(C(=O)N(C)C)n2)n1. The van der Waals surface area contributed by atoms with Crippen molar-refractivity contribution in [3.05, 3.63) is 23.2 Å². The Morgan fingerprint density at radius 3 is 2.81 bits per heavy atom. The Morgan fingerprint density at radius 1 is 1.38 bits per heavy atom. The zero-order chi connectivity index (χ0) is 15.4. The molecule has 1 amide bonds. The molecule has 0 aliphatic heterocycles. The molecule has 1 N–H and O–H groups in total. The lowest BCUT2D eigenvalue weighted by Crippen LogP contribution is -2.22. The Balaban J connectivity index is 2.29. The van der Waals surface area contributed by atoms with E-state index in [1.807, 2.05) is 6.92 Å². The smallest absolute Gasteiger partial charge is 0.273 e. The van der Waals surface area contributed by atoms with Crippen LogP contribution in [0.1, 0.15) is 23.8 Å². The van der Waals surface area contributed by atoms with Crippen molar-refractivity contribution in [2.24, 2.45) is 0 Å². The highest BCUT2D eigenvalue weighted by atomic mass is 35.5. The topological polar surface area (TPSA) is 88.8 Å². The number of rotatable bonds is 5. The van der Waals surface area contributed by atoms with Gasteiger partial charge in [0, 0.05) is 26.8 Å². The molecule has 0 fully saturated rings. The van der Waals surface area contributed by atoms with Gasteiger partial charge in [0.05, 0.1) is 0 Å². The van der Waals surface area contributed by atoms with Crippen molar-refractivity contribution < 1.29 is 4.79 Å². The van der Waals surface area contributed by atoms with E-state index in [1.54, 1.807) is 26.4 Å². The number of aromatic nitrogens is 5. The summed E-state index contributed by atoms with van der Waals surface area (Å²) in [5, 5.41) is 7.25. The maximum absolute atomic E-state index is 11.8. The Hall–Kier alpha value is -2.22. The van der Waals surface area contributed by atoms with E-state index in [-0.39, 0.29) is 17.1 Å². The van der Waals surface area contributed by atoms with Crippen LogP contribution in [0.25, 0.3) is 5.95 Å². The summed E-state index contributed by atoms with van der Waals surface area (Å²) in [5.74, 6) is 0.437. The molecule has 8 nitrogen and oxygen atoms in total. The van der Waals surface area contributed by atoms with Crippen LogP contribution in [0.3, 0.4) is 0 Å². The van der Waals surface area contributed by atoms with Crippen molar-refractivity contribution in [1.82, 2.24) is 29.6 Å². The molecule has 0 aliphatic carbocycles. The second-order valence-corrected chi connectivity index (χ2v) is 4.84. The quantitative estimate of drug-likeness (QED) is 0.893. The second kappa shape index (κ2) is 6.49. The molecule has 112 valence electrons. The van der Waals surface area contributed by atoms with Gasteiger partial charge in [0.2, 0.25) is 11.2 Å². The number of hydrogen-bond acceptors (Lipinski definition) is 6. The minimum atomic E-state index is -0.196. The fourth-order valence-corrected chi connectivity index (χ4v) is 1.69. The average molecular weight is 310 g/mol. The van der Waals surface area contributed by atoms with Crippen LogP contribution in [-0.4, -0.2) is 56.2 Å². The lowest BCUT2D eigenvalue weighted by Gasteiger charge is -2.07. The third-order valence-corrected chi connectivity index (χ3v) is 2.72. The van der Waals surface area contributed by atoms with Gasteiger partial charge in [-0.2, -0.15) is 20.1 Å². The highest BCUT2D eigenvalue weighted by Gasteiger charge is 2.14. The second-order valence-electron chi connectivity index (χ2n) is 4.50. The first-order chi connectivity index (χ1) is 10.0. The summed E-state index contributed by atoms with van der Waals surface area (Å²) >= 11 is 5.88. The molecule has 2 aromatic rings. The van der Waals surface area contributed by atoms with E-state index in [2.05, 4.69) is 25.4 Å². The predicted molar refractivity (Wildman–Crippen MR) is 78.8 cm³/mol. The molecule has 2 heterocycles. The molecule has 0 atom stereocenters. The number of carbonyl (C=O) groups is 1. The molecule has 2 aromatic heterocycles. The minimum absolute atomic E-state index is 0.0644. The van der Waals surface area contributed by atoms with Crippen LogP contribution in [0, 0.1) is 0 Å². The molecule has 21 heavy (non-hydrogen) atoms. The van der Waals surface area contributed by atoms with Gasteiger partial charge in [0.25, 0.3) is 11.9 Å². The van der Waals surface area contributed by atoms with Gasteiger partial charge in [0.15, 0.2) is 5.69 Å². The summed E-state index contributed by atoms with van der Waals surface area (Å²) in [6, 6.07) is 1.60. The van der Waals surface area contributed by atoms with Crippen molar-refractivity contribution >= 4 is 23.5 Å². The van der Waals surface area contributed by atoms with E-state index in [0.717, 1.165) is 13.0 Å². The van der Waals surface area contributed by atoms with E-state index in [0.29, 0.717) is 11.6 Å². The number of amides is 1. The first-order valence-corrected chi connectivity index (χ1v) is 6.82. The summed E-state index contributed by atoms with van der Waals surface area (Å²) < 4.78 is 1.39. The van der Waals surface area contributed by atoms with Crippen molar-refractivity contribution in [2.75, 3.05) is 26.0 Å². The Morgan fingerprint density at radius 2 is 2.14 bits per heavy atom. The molecule has 0 radical (unpaired) electrons. The van der Waals surface area contributed by atoms with E-state index < -0.39 is 0 Å². The van der Waals surface area contributed by atoms with Gasteiger partial charge >= 0.3 is 0 Å². The molecule has 9 heteroatoms. The lowest BCUT2D eigenvalue weighted by atomic mass is 10.4. The van der Waals surface area contributed by atoms with Crippen LogP contribution in [0.15, 0.2) is 12.3 Å². The number of hydrogen-bond donors (Lipinski definition) is 1. The van der Waals surface area contributed by atoms with Crippen LogP contribution >= 0.6 is 11.6 Å². The van der Waals surface area contributed by atoms with E-state index in [4.69, 9.17) is 11.6 Å². The molecule has 0 bridgehead atoms. The molecule has 0 spiro atoms. The molecule has 2 rings (SSSR count). The van der Waals surface area contributed by atoms with Gasteiger partial charge in [-0.1, -0.05) is 6.92 Å². The average Bonchev–Trinajstić information content (AvgIpc) is 2.93. The third kappa shape index (κ3) is 3.66. The van der Waals surface area contributed by atoms with Crippen LogP contribution < -0.4 is 5.32 Å². The summed E-state index contributed by atoms with van der Waals surface area (Å²) in [4.78, 5) is 25.5. The fraction of sp³-hybridized carbons (Fsp3) is 0.417. The largest absolute Gasteiger partial charge is 0.354 e. The third-order valence-electron chi connectivity index (χ3n) is 2.55. The van der Waals surface area contributed by atoms with E-state index >= 15 is 0 Å². The highest BCUT2D eigenvalue weighted by Crippen LogP contribution is 2.10. The van der Waals surface area contributed by atoms with Gasteiger partial charge < -0.3 is 10.2 Å². The van der Waals surface area contributed by atoms with Crippen LogP contribution in [0.4, 0.5) is 5.95 Å². The molecule has 0 saturated heterocycles. The summed E-state index contributed by atoms with van der Waals surface area (Å²) in [7, 11) is 3.32. The maximum Gasteiger partial charge on any atom is 0.273 e. The van der Waals surface area contributed by atoms with E-state index in [9.17, 15) is 4.79 Å². The van der Waals surface area contributed by atoms with Gasteiger partial charge in [-0.25, -0.2) is 4.68 Å². The number of nitrogens with zero attached hydrogens (tertiary/aromatic N) is 6. The molecule has 0 unspecified atom stereocenters. The standard InChI is InChI=1S/C12H16ClN7O/c1-4-6-14-11-15-10(13)16-12(17-11)20-7-5-8(18-20)9(21)19(2)3/h5,7H,4,6H2,1-3H3,(H,14,15,16,17). The molecular weight excluding hydrogens is 294 g/mol. The zero-order valence-electron chi connectivity index (χ0n) is 12.0. The Labute approximate surface area is 127 Å². The molecular formula is C12H16ClN7O. The van der Waals surface area contributed by atoms with Crippen molar-refractivity contribution in [3.63, 3.8) is 0 Å². The normalized spacial score (nSPS) is 10.5.